The number of nitrogens with two attached hydrogens (primary N) is 2. The fourth-order valence-corrected chi connectivity index (χ4v) is 0.468. The molecule has 1 aromatic rings. The van der Waals surface area contributed by atoms with Crippen molar-refractivity contribution in [3.05, 3.63) is 5.82 Å². The summed E-state index contributed by atoms with van der Waals surface area (Å²) in [6.45, 7) is 1.73. The van der Waals surface area contributed by atoms with Gasteiger partial charge in [-0.05, 0) is 6.92 Å². The van der Waals surface area contributed by atoms with Crippen LogP contribution in [0.2, 0.25) is 0 Å². The van der Waals surface area contributed by atoms with Gasteiger partial charge in [0.25, 0.3) is 5.95 Å². The summed E-state index contributed by atoms with van der Waals surface area (Å²) in [6.07, 6.45) is 0. The monoisotopic (exact) mass is 198 g/mol. The highest BCUT2D eigenvalue weighted by Crippen LogP contribution is 1.96. The Balaban J connectivity index is 0. The van der Waals surface area contributed by atoms with Gasteiger partial charge < -0.3 is 30.7 Å². The highest BCUT2D eigenvalue weighted by molar-refractivity contribution is 5.22. The number of anilines is 1. The minimum absolute atomic E-state index is 0. The molecule has 0 aromatic carbocycles. The number of hydrazine groups is 1. The topological polar surface area (TPSA) is 94.8 Å². The van der Waals surface area contributed by atoms with Crippen LogP contribution in [0, 0.1) is 6.92 Å². The molecule has 0 aliphatic heterocycles. The second-order valence-electron chi connectivity index (χ2n) is 1.59. The Labute approximate surface area is 76.1 Å². The molecule has 1 heterocycles. The fraction of sp³-hybridized carbons (Fsp3) is 0.333. The Bertz CT molecular complexity index is 210. The maximum atomic E-state index is 5.36. The number of nitrogen functional groups attached to an aromatic ring is 2. The predicted octanol–water partition coefficient (Wildman–Crippen LogP) is -7.41. The van der Waals surface area contributed by atoms with E-state index in [2.05, 4.69) is 15.6 Å². The van der Waals surface area contributed by atoms with Gasteiger partial charge in [0, 0.05) is 0 Å². The van der Waals surface area contributed by atoms with Crippen LogP contribution in [-0.4, -0.2) is 14.9 Å². The molecule has 0 aliphatic carbocycles. The summed E-state index contributed by atoms with van der Waals surface area (Å²) in [5.41, 5.74) is 2.28. The van der Waals surface area contributed by atoms with Crippen LogP contribution in [0.15, 0.2) is 0 Å². The molecule has 0 fully saturated rings. The molecule has 0 unspecified atom stereocenters. The zero-order valence-electron chi connectivity index (χ0n) is 5.75. The van der Waals surface area contributed by atoms with Crippen molar-refractivity contribution in [3.63, 3.8) is 0 Å². The van der Waals surface area contributed by atoms with Gasteiger partial charge in [-0.1, -0.05) is 0 Å². The van der Waals surface area contributed by atoms with Crippen molar-refractivity contribution in [2.75, 3.05) is 11.3 Å². The summed E-state index contributed by atoms with van der Waals surface area (Å²) in [6, 6.07) is 0. The maximum Gasteiger partial charge on any atom is 0.257 e. The van der Waals surface area contributed by atoms with Gasteiger partial charge in [-0.3, -0.25) is 5.43 Å². The molecule has 0 saturated heterocycles. The van der Waals surface area contributed by atoms with Gasteiger partial charge in [0.05, 0.1) is 0 Å². The van der Waals surface area contributed by atoms with Crippen molar-refractivity contribution in [2.24, 2.45) is 5.84 Å². The summed E-state index contributed by atoms with van der Waals surface area (Å²) in [4.78, 5) is 0. The van der Waals surface area contributed by atoms with E-state index in [0.29, 0.717) is 11.8 Å². The maximum absolute atomic E-state index is 5.36. The number of nitrogens with zero attached hydrogens (tertiary/aromatic N) is 3. The molecule has 0 bridgehead atoms. The van der Waals surface area contributed by atoms with E-state index in [4.69, 9.17) is 11.7 Å². The molecule has 5 N–H and O–H groups in total. The lowest BCUT2D eigenvalue weighted by atomic mass is 10.7. The number of hydrogen-bond acceptors (Lipinski definition) is 5. The first-order valence-corrected chi connectivity index (χ1v) is 2.39. The standard InChI is InChI=1S/C3H8N6.2ClH/c1-2-7-8-3(6-4)9(2)5;;/h4-5H2,1H3,(H,6,8);2*1H/p-2. The largest absolute Gasteiger partial charge is 1.00 e. The Morgan fingerprint density at radius 3 is 2.09 bits per heavy atom. The number of aryl methyl sites for hydroxylation is 1. The van der Waals surface area contributed by atoms with Crippen molar-refractivity contribution >= 4 is 5.95 Å². The number of rotatable bonds is 1. The minimum Gasteiger partial charge on any atom is -1.00 e. The van der Waals surface area contributed by atoms with Gasteiger partial charge in [-0.2, -0.15) is 0 Å². The van der Waals surface area contributed by atoms with Crippen molar-refractivity contribution < 1.29 is 24.8 Å². The lowest BCUT2D eigenvalue weighted by Gasteiger charge is -1.96. The number of aromatic nitrogens is 3. The molecule has 0 amide bonds. The van der Waals surface area contributed by atoms with Gasteiger partial charge in [0.2, 0.25) is 0 Å². The van der Waals surface area contributed by atoms with Crippen LogP contribution in [0.5, 0.6) is 0 Å². The fourth-order valence-electron chi connectivity index (χ4n) is 0.468. The van der Waals surface area contributed by atoms with Crippen LogP contribution in [0.25, 0.3) is 0 Å². The first kappa shape index (κ1) is 12.9. The summed E-state index contributed by atoms with van der Waals surface area (Å²) < 4.78 is 1.26. The Morgan fingerprint density at radius 2 is 1.91 bits per heavy atom. The van der Waals surface area contributed by atoms with Crippen LogP contribution in [0.1, 0.15) is 5.82 Å². The molecule has 66 valence electrons. The molecular weight excluding hydrogens is 191 g/mol. The van der Waals surface area contributed by atoms with E-state index < -0.39 is 0 Å². The van der Waals surface area contributed by atoms with E-state index in [1.54, 1.807) is 6.92 Å². The molecule has 1 aromatic heterocycles. The van der Waals surface area contributed by atoms with Gasteiger partial charge in [0.15, 0.2) is 5.82 Å². The first-order chi connectivity index (χ1) is 4.25. The van der Waals surface area contributed by atoms with Crippen molar-refractivity contribution in [2.45, 2.75) is 6.92 Å². The lowest BCUT2D eigenvalue weighted by Crippen LogP contribution is -3.00. The Hall–Kier alpha value is -0.720. The van der Waals surface area contributed by atoms with E-state index in [-0.39, 0.29) is 24.8 Å². The van der Waals surface area contributed by atoms with Crippen LogP contribution in [-0.2, 0) is 0 Å². The minimum atomic E-state index is 0. The van der Waals surface area contributed by atoms with Crippen LogP contribution in [0.3, 0.4) is 0 Å². The van der Waals surface area contributed by atoms with E-state index >= 15 is 0 Å². The highest BCUT2D eigenvalue weighted by atomic mass is 35.5. The summed E-state index contributed by atoms with van der Waals surface area (Å²) >= 11 is 0. The van der Waals surface area contributed by atoms with Crippen LogP contribution in [0.4, 0.5) is 5.95 Å². The average Bonchev–Trinajstić information content (AvgIpc) is 2.15. The van der Waals surface area contributed by atoms with Crippen molar-refractivity contribution in [3.8, 4) is 0 Å². The molecule has 0 atom stereocenters. The zero-order valence-corrected chi connectivity index (χ0v) is 7.26. The molecule has 0 saturated carbocycles. The van der Waals surface area contributed by atoms with Gasteiger partial charge >= 0.3 is 0 Å². The molecule has 6 nitrogen and oxygen atoms in total. The molecular formula is C3H8Cl2N6-2. The Morgan fingerprint density at radius 1 is 1.36 bits per heavy atom. The second-order valence-corrected chi connectivity index (χ2v) is 1.59. The SMILES string of the molecule is Cc1nnc(NN)n1N.[Cl-].[Cl-]. The second kappa shape index (κ2) is 5.00. The third-order valence-corrected chi connectivity index (χ3v) is 0.995. The van der Waals surface area contributed by atoms with E-state index in [1.807, 2.05) is 0 Å². The third kappa shape index (κ3) is 2.41. The normalized spacial score (nSPS) is 7.82. The quantitative estimate of drug-likeness (QED) is 0.308. The van der Waals surface area contributed by atoms with Gasteiger partial charge in [0.1, 0.15) is 0 Å². The number of hydrogen-bond donors (Lipinski definition) is 3. The lowest BCUT2D eigenvalue weighted by molar-refractivity contribution is -0.001000. The molecule has 1 rings (SSSR count). The summed E-state index contributed by atoms with van der Waals surface area (Å²) in [5.74, 6) is 11.3. The molecule has 0 spiro atoms. The van der Waals surface area contributed by atoms with Crippen molar-refractivity contribution in [1.29, 1.82) is 0 Å². The highest BCUT2D eigenvalue weighted by Gasteiger charge is 2.00. The van der Waals surface area contributed by atoms with E-state index in [9.17, 15) is 0 Å². The molecule has 8 heteroatoms. The van der Waals surface area contributed by atoms with Gasteiger partial charge in [-0.25, -0.2) is 10.5 Å². The van der Waals surface area contributed by atoms with E-state index in [0.717, 1.165) is 0 Å². The Kier molecular flexibility index (Phi) is 5.87. The number of nitrogens with one attached hydrogen (secondary N) is 1. The average molecular weight is 199 g/mol. The summed E-state index contributed by atoms with van der Waals surface area (Å²) in [5, 5.41) is 7.22. The third-order valence-electron chi connectivity index (χ3n) is 0.995. The van der Waals surface area contributed by atoms with Crippen molar-refractivity contribution in [1.82, 2.24) is 14.9 Å². The molecule has 0 radical (unpaired) electrons. The van der Waals surface area contributed by atoms with E-state index in [1.165, 1.54) is 4.68 Å². The van der Waals surface area contributed by atoms with Crippen LogP contribution >= 0.6 is 0 Å². The smallest absolute Gasteiger partial charge is 0.257 e. The first-order valence-electron chi connectivity index (χ1n) is 2.39. The molecule has 11 heavy (non-hydrogen) atoms. The molecule has 0 aliphatic rings. The summed E-state index contributed by atoms with van der Waals surface area (Å²) in [7, 11) is 0. The predicted molar refractivity (Wildman–Crippen MR) is 32.7 cm³/mol. The van der Waals surface area contributed by atoms with Crippen LogP contribution < -0.4 is 41.9 Å². The zero-order chi connectivity index (χ0) is 6.85. The number of halogens is 2. The van der Waals surface area contributed by atoms with Gasteiger partial charge in [-0.15, -0.1) is 10.2 Å².